The Bertz CT molecular complexity index is 290. The lowest BCUT2D eigenvalue weighted by Gasteiger charge is -2.34. The van der Waals surface area contributed by atoms with E-state index in [4.69, 9.17) is 10.2 Å². The predicted molar refractivity (Wildman–Crippen MR) is 66.2 cm³/mol. The Kier molecular flexibility index (Phi) is 5.91. The number of hydrogen-bond donors (Lipinski definition) is 3. The lowest BCUT2D eigenvalue weighted by atomic mass is 9.82. The summed E-state index contributed by atoms with van der Waals surface area (Å²) in [5.74, 6) is -0.398. The van der Waals surface area contributed by atoms with Crippen LogP contribution in [0, 0.1) is 5.92 Å². The standard InChI is InChI=1S/C12H22N2O4/c1-14(8-9-6-10(15)7-9)12(18)13-5-3-2-4-11(16)17/h9-10,15H,2-8H2,1H3,(H,13,18)(H,16,17). The van der Waals surface area contributed by atoms with Crippen LogP contribution in [0.5, 0.6) is 0 Å². The summed E-state index contributed by atoms with van der Waals surface area (Å²) < 4.78 is 0. The third-order valence-corrected chi connectivity index (χ3v) is 3.18. The number of aliphatic hydroxyl groups is 1. The zero-order valence-corrected chi connectivity index (χ0v) is 10.8. The van der Waals surface area contributed by atoms with E-state index in [0.29, 0.717) is 31.8 Å². The normalized spacial score (nSPS) is 22.1. The molecule has 0 atom stereocenters. The van der Waals surface area contributed by atoms with Gasteiger partial charge in [-0.25, -0.2) is 4.79 Å². The molecule has 3 N–H and O–H groups in total. The molecule has 1 fully saturated rings. The minimum absolute atomic E-state index is 0.133. The Balaban J connectivity index is 2.03. The van der Waals surface area contributed by atoms with Crippen molar-refractivity contribution in [2.24, 2.45) is 5.92 Å². The van der Waals surface area contributed by atoms with Crippen molar-refractivity contribution in [2.75, 3.05) is 20.1 Å². The number of carbonyl (C=O) groups excluding carboxylic acids is 1. The van der Waals surface area contributed by atoms with Gasteiger partial charge < -0.3 is 20.4 Å². The van der Waals surface area contributed by atoms with Crippen molar-refractivity contribution >= 4 is 12.0 Å². The topological polar surface area (TPSA) is 89.9 Å². The number of hydrogen-bond acceptors (Lipinski definition) is 3. The van der Waals surface area contributed by atoms with E-state index in [2.05, 4.69) is 5.32 Å². The van der Waals surface area contributed by atoms with Gasteiger partial charge in [-0.05, 0) is 31.6 Å². The van der Waals surface area contributed by atoms with Crippen LogP contribution >= 0.6 is 0 Å². The summed E-state index contributed by atoms with van der Waals surface area (Å²) >= 11 is 0. The molecular weight excluding hydrogens is 236 g/mol. The van der Waals surface area contributed by atoms with Gasteiger partial charge in [0.2, 0.25) is 0 Å². The average molecular weight is 258 g/mol. The van der Waals surface area contributed by atoms with Crippen LogP contribution in [0.25, 0.3) is 0 Å². The van der Waals surface area contributed by atoms with Gasteiger partial charge in [-0.3, -0.25) is 4.79 Å². The molecule has 6 heteroatoms. The van der Waals surface area contributed by atoms with Gasteiger partial charge in [-0.15, -0.1) is 0 Å². The lowest BCUT2D eigenvalue weighted by Crippen LogP contribution is -2.43. The van der Waals surface area contributed by atoms with Gasteiger partial charge in [-0.2, -0.15) is 0 Å². The molecule has 104 valence electrons. The molecule has 1 rings (SSSR count). The smallest absolute Gasteiger partial charge is 0.317 e. The summed E-state index contributed by atoms with van der Waals surface area (Å²) in [6, 6.07) is -0.133. The molecule has 1 aliphatic rings. The van der Waals surface area contributed by atoms with Crippen molar-refractivity contribution < 1.29 is 19.8 Å². The molecule has 1 saturated carbocycles. The second-order valence-electron chi connectivity index (χ2n) is 4.95. The van der Waals surface area contributed by atoms with Gasteiger partial charge in [-0.1, -0.05) is 0 Å². The molecule has 2 amide bonds. The first-order valence-electron chi connectivity index (χ1n) is 6.38. The highest BCUT2D eigenvalue weighted by Gasteiger charge is 2.28. The van der Waals surface area contributed by atoms with E-state index in [-0.39, 0.29) is 18.6 Å². The maximum Gasteiger partial charge on any atom is 0.317 e. The molecular formula is C12H22N2O4. The summed E-state index contributed by atoms with van der Waals surface area (Å²) in [5, 5.41) is 20.3. The summed E-state index contributed by atoms with van der Waals surface area (Å²) in [5.41, 5.74) is 0. The number of carboxylic acid groups (broad SMARTS) is 1. The van der Waals surface area contributed by atoms with Crippen LogP contribution in [0.1, 0.15) is 32.1 Å². The summed E-state index contributed by atoms with van der Waals surface area (Å²) in [7, 11) is 1.73. The number of unbranched alkanes of at least 4 members (excludes halogenated alkanes) is 1. The molecule has 0 aliphatic heterocycles. The van der Waals surface area contributed by atoms with Crippen LogP contribution < -0.4 is 5.32 Å². The summed E-state index contributed by atoms with van der Waals surface area (Å²) in [6.07, 6.45) is 2.75. The van der Waals surface area contributed by atoms with Crippen molar-refractivity contribution in [3.05, 3.63) is 0 Å². The van der Waals surface area contributed by atoms with Crippen molar-refractivity contribution in [2.45, 2.75) is 38.2 Å². The van der Waals surface area contributed by atoms with Crippen molar-refractivity contribution in [3.8, 4) is 0 Å². The second kappa shape index (κ2) is 7.20. The number of aliphatic carboxylic acids is 1. The molecule has 0 heterocycles. The fourth-order valence-electron chi connectivity index (χ4n) is 2.05. The molecule has 0 aromatic heterocycles. The Morgan fingerprint density at radius 3 is 2.56 bits per heavy atom. The molecule has 0 aromatic carbocycles. The maximum atomic E-state index is 11.6. The highest BCUT2D eigenvalue weighted by Crippen LogP contribution is 2.27. The first-order chi connectivity index (χ1) is 8.49. The molecule has 0 spiro atoms. The molecule has 0 bridgehead atoms. The Morgan fingerprint density at radius 1 is 1.33 bits per heavy atom. The number of carboxylic acids is 1. The Labute approximate surface area is 107 Å². The zero-order chi connectivity index (χ0) is 13.5. The van der Waals surface area contributed by atoms with Crippen molar-refractivity contribution in [1.29, 1.82) is 0 Å². The van der Waals surface area contributed by atoms with Crippen molar-refractivity contribution in [1.82, 2.24) is 10.2 Å². The van der Waals surface area contributed by atoms with Gasteiger partial charge in [0.15, 0.2) is 0 Å². The van der Waals surface area contributed by atoms with Gasteiger partial charge >= 0.3 is 12.0 Å². The van der Waals surface area contributed by atoms with E-state index in [1.54, 1.807) is 11.9 Å². The van der Waals surface area contributed by atoms with Crippen LogP contribution in [0.15, 0.2) is 0 Å². The van der Waals surface area contributed by atoms with Gasteiger partial charge in [0.25, 0.3) is 0 Å². The number of aliphatic hydroxyl groups excluding tert-OH is 1. The van der Waals surface area contributed by atoms with Gasteiger partial charge in [0.1, 0.15) is 0 Å². The number of amides is 2. The molecule has 0 radical (unpaired) electrons. The van der Waals surface area contributed by atoms with E-state index in [1.165, 1.54) is 0 Å². The van der Waals surface area contributed by atoms with Gasteiger partial charge in [0, 0.05) is 26.6 Å². The predicted octanol–water partition coefficient (Wildman–Crippen LogP) is 0.654. The van der Waals surface area contributed by atoms with E-state index in [1.807, 2.05) is 0 Å². The number of urea groups is 1. The Morgan fingerprint density at radius 2 is 2.00 bits per heavy atom. The summed E-state index contributed by atoms with van der Waals surface area (Å²) in [4.78, 5) is 23.5. The van der Waals surface area contributed by atoms with Gasteiger partial charge in [0.05, 0.1) is 6.10 Å². The third kappa shape index (κ3) is 5.35. The number of rotatable bonds is 7. The maximum absolute atomic E-state index is 11.6. The van der Waals surface area contributed by atoms with Crippen LogP contribution in [-0.4, -0.2) is 53.4 Å². The van der Waals surface area contributed by atoms with Crippen molar-refractivity contribution in [3.63, 3.8) is 0 Å². The third-order valence-electron chi connectivity index (χ3n) is 3.18. The SMILES string of the molecule is CN(CC1CC(O)C1)C(=O)NCCCCC(=O)O. The van der Waals surface area contributed by atoms with E-state index in [9.17, 15) is 9.59 Å². The highest BCUT2D eigenvalue weighted by atomic mass is 16.4. The largest absolute Gasteiger partial charge is 0.481 e. The molecule has 18 heavy (non-hydrogen) atoms. The molecule has 0 aromatic rings. The number of carbonyl (C=O) groups is 2. The molecule has 6 nitrogen and oxygen atoms in total. The highest BCUT2D eigenvalue weighted by molar-refractivity contribution is 5.73. The quantitative estimate of drug-likeness (QED) is 0.585. The number of nitrogens with zero attached hydrogens (tertiary/aromatic N) is 1. The second-order valence-corrected chi connectivity index (χ2v) is 4.95. The van der Waals surface area contributed by atoms with Crippen LogP contribution in [-0.2, 0) is 4.79 Å². The van der Waals surface area contributed by atoms with Crippen LogP contribution in [0.3, 0.4) is 0 Å². The van der Waals surface area contributed by atoms with Crippen LogP contribution in [0.2, 0.25) is 0 Å². The Hall–Kier alpha value is -1.30. The minimum Gasteiger partial charge on any atom is -0.481 e. The fraction of sp³-hybridized carbons (Fsp3) is 0.833. The molecule has 0 unspecified atom stereocenters. The van der Waals surface area contributed by atoms with E-state index in [0.717, 1.165) is 12.8 Å². The lowest BCUT2D eigenvalue weighted by molar-refractivity contribution is -0.137. The van der Waals surface area contributed by atoms with E-state index < -0.39 is 5.97 Å². The molecule has 1 aliphatic carbocycles. The fourth-order valence-corrected chi connectivity index (χ4v) is 2.05. The first-order valence-corrected chi connectivity index (χ1v) is 6.38. The number of nitrogens with one attached hydrogen (secondary N) is 1. The minimum atomic E-state index is -0.804. The summed E-state index contributed by atoms with van der Waals surface area (Å²) in [6.45, 7) is 1.17. The van der Waals surface area contributed by atoms with E-state index >= 15 is 0 Å². The zero-order valence-electron chi connectivity index (χ0n) is 10.8. The molecule has 0 saturated heterocycles. The average Bonchev–Trinajstić information content (AvgIpc) is 2.25. The monoisotopic (exact) mass is 258 g/mol. The first kappa shape index (κ1) is 14.8. The van der Waals surface area contributed by atoms with Crippen LogP contribution in [0.4, 0.5) is 4.79 Å².